The van der Waals surface area contributed by atoms with E-state index in [9.17, 15) is 13.5 Å². The van der Waals surface area contributed by atoms with Gasteiger partial charge in [0, 0.05) is 17.4 Å². The maximum atomic E-state index is 13.2. The van der Waals surface area contributed by atoms with Crippen LogP contribution in [0.4, 0.5) is 14.4 Å². The Morgan fingerprint density at radius 3 is 2.63 bits per heavy atom. The smallest absolute Gasteiger partial charge is 0.408 e. The first kappa shape index (κ1) is 24.8. The Labute approximate surface area is 208 Å². The Hall–Kier alpha value is -3.33. The summed E-state index contributed by atoms with van der Waals surface area (Å²) in [4.78, 5) is 25.6. The monoisotopic (exact) mass is 496 g/mol. The van der Waals surface area contributed by atoms with Crippen molar-refractivity contribution in [1.82, 2.24) is 14.5 Å². The first-order chi connectivity index (χ1) is 16.7. The second kappa shape index (κ2) is 10.5. The minimum atomic E-state index is -0.771. The summed E-state index contributed by atoms with van der Waals surface area (Å²) in [5.41, 5.74) is 4.85. The van der Waals surface area contributed by atoms with E-state index >= 15 is 0 Å². The van der Waals surface area contributed by atoms with E-state index in [0.717, 1.165) is 34.4 Å². The molecule has 2 amide bonds. The Kier molecular flexibility index (Phi) is 7.45. The SMILES string of the molecule is CC(C)(C)OC(=O)NC(CCc1ccccc1)C(=O)Nc1ccc2c(c1)CCc1nn(SF)cc1-2. The van der Waals surface area contributed by atoms with Gasteiger partial charge in [-0.1, -0.05) is 36.4 Å². The van der Waals surface area contributed by atoms with Gasteiger partial charge in [0.2, 0.25) is 5.91 Å². The number of aromatic nitrogens is 2. The van der Waals surface area contributed by atoms with Gasteiger partial charge in [-0.15, -0.1) is 3.89 Å². The highest BCUT2D eigenvalue weighted by Crippen LogP contribution is 2.35. The number of anilines is 1. The lowest BCUT2D eigenvalue weighted by atomic mass is 9.89. The number of nitrogens with zero attached hydrogens (tertiary/aromatic N) is 2. The minimum absolute atomic E-state index is 0.0665. The lowest BCUT2D eigenvalue weighted by Crippen LogP contribution is -2.46. The van der Waals surface area contributed by atoms with Gasteiger partial charge in [0.1, 0.15) is 11.6 Å². The van der Waals surface area contributed by atoms with Crippen LogP contribution in [0.1, 0.15) is 44.0 Å². The van der Waals surface area contributed by atoms with Gasteiger partial charge in [-0.05, 0) is 75.3 Å². The molecular weight excluding hydrogens is 467 g/mol. The second-order valence-electron chi connectivity index (χ2n) is 9.55. The normalized spacial score (nSPS) is 13.4. The second-order valence-corrected chi connectivity index (χ2v) is 10.1. The molecule has 2 aromatic carbocycles. The fourth-order valence-electron chi connectivity index (χ4n) is 4.13. The molecule has 2 N–H and O–H groups in total. The van der Waals surface area contributed by atoms with Gasteiger partial charge in [-0.25, -0.2) is 4.79 Å². The quantitative estimate of drug-likeness (QED) is 0.452. The Bertz CT molecular complexity index is 1210. The van der Waals surface area contributed by atoms with E-state index in [1.54, 1.807) is 27.0 Å². The Morgan fingerprint density at radius 1 is 1.14 bits per heavy atom. The molecule has 35 heavy (non-hydrogen) atoms. The van der Waals surface area contributed by atoms with Crippen molar-refractivity contribution in [2.75, 3.05) is 5.32 Å². The summed E-state index contributed by atoms with van der Waals surface area (Å²) in [6.07, 6.45) is 3.54. The van der Waals surface area contributed by atoms with Gasteiger partial charge in [-0.3, -0.25) is 4.79 Å². The highest BCUT2D eigenvalue weighted by molar-refractivity contribution is 7.92. The number of hydrogen-bond acceptors (Lipinski definition) is 5. The lowest BCUT2D eigenvalue weighted by molar-refractivity contribution is -0.118. The molecule has 1 heterocycles. The van der Waals surface area contributed by atoms with E-state index in [0.29, 0.717) is 24.9 Å². The number of ether oxygens (including phenoxy) is 1. The molecule has 0 fully saturated rings. The molecule has 0 saturated carbocycles. The summed E-state index contributed by atoms with van der Waals surface area (Å²) < 4.78 is 19.5. The maximum absolute atomic E-state index is 13.2. The largest absolute Gasteiger partial charge is 0.444 e. The number of rotatable bonds is 7. The number of nitrogens with one attached hydrogen (secondary N) is 2. The van der Waals surface area contributed by atoms with Gasteiger partial charge in [-0.2, -0.15) is 9.19 Å². The van der Waals surface area contributed by atoms with Crippen molar-refractivity contribution < 1.29 is 18.2 Å². The molecule has 0 bridgehead atoms. The first-order valence-electron chi connectivity index (χ1n) is 11.6. The van der Waals surface area contributed by atoms with Gasteiger partial charge in [0.15, 0.2) is 12.3 Å². The van der Waals surface area contributed by atoms with Crippen LogP contribution in [-0.2, 0) is 28.8 Å². The number of hydrogen-bond donors (Lipinski definition) is 2. The zero-order valence-corrected chi connectivity index (χ0v) is 20.8. The van der Waals surface area contributed by atoms with Gasteiger partial charge in [0.05, 0.1) is 5.69 Å². The van der Waals surface area contributed by atoms with Crippen LogP contribution in [0.15, 0.2) is 54.7 Å². The highest BCUT2D eigenvalue weighted by Gasteiger charge is 2.25. The predicted molar refractivity (Wildman–Crippen MR) is 136 cm³/mol. The molecule has 0 radical (unpaired) electrons. The van der Waals surface area contributed by atoms with Crippen molar-refractivity contribution in [3.05, 3.63) is 71.5 Å². The molecule has 1 aromatic heterocycles. The van der Waals surface area contributed by atoms with E-state index in [2.05, 4.69) is 15.7 Å². The number of alkyl carbamates (subject to hydrolysis) is 1. The standard InChI is InChI=1S/C26H29FN4O3S/c1-26(2,3)34-25(33)29-23(13-9-17-7-5-4-6-8-17)24(32)28-19-11-12-20-18(15-19)10-14-22-21(20)16-31(30-22)35-27/h4-8,11-12,15-16,23H,9-10,13-14H2,1-3H3,(H,28,32)(H,29,33). The van der Waals surface area contributed by atoms with Crippen LogP contribution in [0, 0.1) is 0 Å². The zero-order chi connectivity index (χ0) is 25.0. The molecule has 4 rings (SSSR count). The van der Waals surface area contributed by atoms with Crippen molar-refractivity contribution in [3.8, 4) is 11.1 Å². The molecule has 7 nitrogen and oxygen atoms in total. The number of fused-ring (bicyclic) bond motifs is 3. The third kappa shape index (κ3) is 6.42. The molecule has 1 atom stereocenters. The molecular formula is C26H29FN4O3S. The third-order valence-electron chi connectivity index (χ3n) is 5.71. The van der Waals surface area contributed by atoms with Crippen LogP contribution in [0.2, 0.25) is 0 Å². The molecule has 3 aromatic rings. The molecule has 0 saturated heterocycles. The van der Waals surface area contributed by atoms with Crippen LogP contribution in [0.5, 0.6) is 0 Å². The van der Waals surface area contributed by atoms with Crippen LogP contribution in [0.25, 0.3) is 11.1 Å². The van der Waals surface area contributed by atoms with Gasteiger partial charge in [0.25, 0.3) is 0 Å². The minimum Gasteiger partial charge on any atom is -0.444 e. The lowest BCUT2D eigenvalue weighted by Gasteiger charge is -2.24. The first-order valence-corrected chi connectivity index (χ1v) is 12.2. The van der Waals surface area contributed by atoms with Gasteiger partial charge < -0.3 is 15.4 Å². The van der Waals surface area contributed by atoms with E-state index in [4.69, 9.17) is 4.74 Å². The highest BCUT2D eigenvalue weighted by atomic mass is 32.2. The van der Waals surface area contributed by atoms with Crippen molar-refractivity contribution in [3.63, 3.8) is 0 Å². The van der Waals surface area contributed by atoms with Crippen LogP contribution < -0.4 is 10.6 Å². The Morgan fingerprint density at radius 2 is 1.91 bits per heavy atom. The summed E-state index contributed by atoms with van der Waals surface area (Å²) in [6, 6.07) is 14.7. The van der Waals surface area contributed by atoms with E-state index in [1.807, 2.05) is 48.5 Å². The number of carbonyl (C=O) groups is 2. The molecule has 9 heteroatoms. The fraction of sp³-hybridized carbons (Fsp3) is 0.346. The summed E-state index contributed by atoms with van der Waals surface area (Å²) >= 11 is 0.0665. The molecule has 1 aliphatic rings. The van der Waals surface area contributed by atoms with Crippen molar-refractivity contribution in [1.29, 1.82) is 0 Å². The molecule has 0 spiro atoms. The number of benzene rings is 2. The molecule has 1 aliphatic carbocycles. The van der Waals surface area contributed by atoms with Crippen molar-refractivity contribution in [2.45, 2.75) is 58.1 Å². The van der Waals surface area contributed by atoms with Crippen LogP contribution in [0.3, 0.4) is 0 Å². The molecule has 0 aliphatic heterocycles. The average Bonchev–Trinajstić information content (AvgIpc) is 3.25. The van der Waals surface area contributed by atoms with Crippen molar-refractivity contribution in [2.24, 2.45) is 0 Å². The number of amides is 2. The Balaban J connectivity index is 1.49. The fourth-order valence-corrected chi connectivity index (χ4v) is 4.40. The van der Waals surface area contributed by atoms with E-state index < -0.39 is 17.7 Å². The van der Waals surface area contributed by atoms with Crippen LogP contribution >= 0.6 is 12.3 Å². The predicted octanol–water partition coefficient (Wildman–Crippen LogP) is 5.49. The summed E-state index contributed by atoms with van der Waals surface area (Å²) in [5, 5.41) is 9.91. The summed E-state index contributed by atoms with van der Waals surface area (Å²) in [7, 11) is 0. The summed E-state index contributed by atoms with van der Waals surface area (Å²) in [6.45, 7) is 5.33. The topological polar surface area (TPSA) is 85.2 Å². The number of carbonyl (C=O) groups excluding carboxylic acids is 2. The average molecular weight is 497 g/mol. The van der Waals surface area contributed by atoms with Gasteiger partial charge >= 0.3 is 6.09 Å². The number of aryl methyl sites for hydroxylation is 3. The molecule has 184 valence electrons. The third-order valence-corrected chi connectivity index (χ3v) is 6.03. The molecule has 1 unspecified atom stereocenters. The van der Waals surface area contributed by atoms with E-state index in [-0.39, 0.29) is 18.2 Å². The summed E-state index contributed by atoms with van der Waals surface area (Å²) in [5.74, 6) is -0.315. The zero-order valence-electron chi connectivity index (χ0n) is 20.0. The number of halogens is 1. The van der Waals surface area contributed by atoms with Crippen molar-refractivity contribution >= 4 is 30.0 Å². The van der Waals surface area contributed by atoms with E-state index in [1.165, 1.54) is 4.09 Å². The maximum Gasteiger partial charge on any atom is 0.408 e. The van der Waals surface area contributed by atoms with Crippen LogP contribution in [-0.4, -0.2) is 32.8 Å².